The van der Waals surface area contributed by atoms with E-state index >= 15 is 0 Å². The van der Waals surface area contributed by atoms with E-state index in [4.69, 9.17) is 5.26 Å². The van der Waals surface area contributed by atoms with Crippen LogP contribution in [0.1, 0.15) is 17.9 Å². The number of H-pyrrole nitrogens is 1. The van der Waals surface area contributed by atoms with E-state index in [0.29, 0.717) is 12.8 Å². The minimum absolute atomic E-state index is 0.0968. The van der Waals surface area contributed by atoms with Gasteiger partial charge in [0.25, 0.3) is 0 Å². The van der Waals surface area contributed by atoms with Gasteiger partial charge < -0.3 is 4.98 Å². The van der Waals surface area contributed by atoms with Gasteiger partial charge in [0.05, 0.1) is 0 Å². The van der Waals surface area contributed by atoms with E-state index < -0.39 is 10.0 Å². The van der Waals surface area contributed by atoms with Crippen LogP contribution in [0.5, 0.6) is 0 Å². The average molecular weight is 291 g/mol. The van der Waals surface area contributed by atoms with Crippen LogP contribution in [0.2, 0.25) is 0 Å². The van der Waals surface area contributed by atoms with Crippen molar-refractivity contribution in [2.75, 3.05) is 6.54 Å². The Labute approximate surface area is 116 Å². The van der Waals surface area contributed by atoms with Crippen LogP contribution in [0.15, 0.2) is 35.6 Å². The molecule has 2 heterocycles. The van der Waals surface area contributed by atoms with Crippen molar-refractivity contribution in [1.82, 2.24) is 19.7 Å². The number of sulfonamides is 1. The van der Waals surface area contributed by atoms with E-state index in [-0.39, 0.29) is 17.1 Å². The Hall–Kier alpha value is -2.24. The van der Waals surface area contributed by atoms with Crippen LogP contribution in [0.25, 0.3) is 0 Å². The zero-order valence-electron chi connectivity index (χ0n) is 10.6. The van der Waals surface area contributed by atoms with Gasteiger partial charge in [-0.1, -0.05) is 0 Å². The first-order chi connectivity index (χ1) is 9.63. The molecule has 0 radical (unpaired) electrons. The van der Waals surface area contributed by atoms with Crippen molar-refractivity contribution in [1.29, 1.82) is 5.26 Å². The smallest absolute Gasteiger partial charge is 0.243 e. The second-order valence-electron chi connectivity index (χ2n) is 4.00. The van der Waals surface area contributed by atoms with Crippen LogP contribution in [-0.2, 0) is 16.4 Å². The molecular weight excluding hydrogens is 278 g/mol. The van der Waals surface area contributed by atoms with Gasteiger partial charge in [-0.15, -0.1) is 0 Å². The maximum absolute atomic E-state index is 12.0. The summed E-state index contributed by atoms with van der Waals surface area (Å²) in [6, 6.07) is 4.62. The normalized spacial score (nSPS) is 11.2. The maximum Gasteiger partial charge on any atom is 0.243 e. The first-order valence-electron chi connectivity index (χ1n) is 5.96. The Morgan fingerprint density at radius 3 is 2.90 bits per heavy atom. The van der Waals surface area contributed by atoms with Gasteiger partial charge in [-0.25, -0.2) is 23.1 Å². The molecule has 0 spiro atoms. The number of rotatable bonds is 6. The predicted molar refractivity (Wildman–Crippen MR) is 71.0 cm³/mol. The summed E-state index contributed by atoms with van der Waals surface area (Å²) in [6.07, 6.45) is 6.00. The number of aromatic amines is 1. The number of nitrogens with zero attached hydrogens (tertiary/aromatic N) is 3. The van der Waals surface area contributed by atoms with E-state index in [1.807, 2.05) is 0 Å². The summed E-state index contributed by atoms with van der Waals surface area (Å²) < 4.78 is 26.5. The molecule has 0 fully saturated rings. The Morgan fingerprint density at radius 2 is 2.20 bits per heavy atom. The van der Waals surface area contributed by atoms with Crippen LogP contribution < -0.4 is 4.72 Å². The van der Waals surface area contributed by atoms with Crippen molar-refractivity contribution in [3.8, 4) is 6.07 Å². The SMILES string of the molecule is N#Cc1ncccc1S(=O)(=O)NCCCc1ncc[nH]1. The highest BCUT2D eigenvalue weighted by molar-refractivity contribution is 7.89. The van der Waals surface area contributed by atoms with E-state index in [0.717, 1.165) is 5.82 Å². The summed E-state index contributed by atoms with van der Waals surface area (Å²) in [6.45, 7) is 0.267. The zero-order chi connectivity index (χ0) is 14.4. The molecule has 0 amide bonds. The number of imidazole rings is 1. The van der Waals surface area contributed by atoms with Crippen LogP contribution in [0, 0.1) is 11.3 Å². The summed E-state index contributed by atoms with van der Waals surface area (Å²) >= 11 is 0. The molecule has 0 unspecified atom stereocenters. The van der Waals surface area contributed by atoms with Gasteiger partial charge in [-0.05, 0) is 18.6 Å². The largest absolute Gasteiger partial charge is 0.349 e. The van der Waals surface area contributed by atoms with E-state index in [9.17, 15) is 8.42 Å². The molecule has 7 nitrogen and oxygen atoms in total. The molecule has 0 aliphatic carbocycles. The average Bonchev–Trinajstić information content (AvgIpc) is 2.97. The lowest BCUT2D eigenvalue weighted by atomic mass is 10.3. The van der Waals surface area contributed by atoms with Crippen molar-refractivity contribution < 1.29 is 8.42 Å². The Balaban J connectivity index is 1.96. The fourth-order valence-corrected chi connectivity index (χ4v) is 2.85. The first-order valence-corrected chi connectivity index (χ1v) is 7.45. The summed E-state index contributed by atoms with van der Waals surface area (Å²) in [5.41, 5.74) is -0.106. The molecule has 0 aromatic carbocycles. The minimum atomic E-state index is -3.71. The Kier molecular flexibility index (Phi) is 4.45. The van der Waals surface area contributed by atoms with Crippen molar-refractivity contribution in [2.24, 2.45) is 0 Å². The highest BCUT2D eigenvalue weighted by atomic mass is 32.2. The number of aromatic nitrogens is 3. The molecule has 0 bridgehead atoms. The van der Waals surface area contributed by atoms with Gasteiger partial charge in [-0.2, -0.15) is 5.26 Å². The fraction of sp³-hybridized carbons (Fsp3) is 0.250. The van der Waals surface area contributed by atoms with Gasteiger partial charge in [-0.3, -0.25) is 0 Å². The molecule has 2 rings (SSSR count). The second kappa shape index (κ2) is 6.27. The summed E-state index contributed by atoms with van der Waals surface area (Å²) in [5.74, 6) is 0.809. The van der Waals surface area contributed by atoms with Crippen molar-refractivity contribution in [3.05, 3.63) is 42.2 Å². The van der Waals surface area contributed by atoms with Gasteiger partial charge in [0.2, 0.25) is 10.0 Å². The minimum Gasteiger partial charge on any atom is -0.349 e. The zero-order valence-corrected chi connectivity index (χ0v) is 11.4. The maximum atomic E-state index is 12.0. The first kappa shape index (κ1) is 14.2. The number of aryl methyl sites for hydroxylation is 1. The van der Waals surface area contributed by atoms with E-state index in [1.54, 1.807) is 18.5 Å². The number of nitriles is 1. The molecule has 104 valence electrons. The molecular formula is C12H13N5O2S. The third-order valence-electron chi connectivity index (χ3n) is 2.60. The van der Waals surface area contributed by atoms with Crippen LogP contribution in [0.4, 0.5) is 0 Å². The number of hydrogen-bond donors (Lipinski definition) is 2. The van der Waals surface area contributed by atoms with Crippen molar-refractivity contribution >= 4 is 10.0 Å². The highest BCUT2D eigenvalue weighted by Crippen LogP contribution is 2.11. The van der Waals surface area contributed by atoms with Crippen LogP contribution >= 0.6 is 0 Å². The lowest BCUT2D eigenvalue weighted by Crippen LogP contribution is -2.26. The molecule has 0 aliphatic heterocycles. The van der Waals surface area contributed by atoms with Crippen molar-refractivity contribution in [3.63, 3.8) is 0 Å². The summed E-state index contributed by atoms with van der Waals surface area (Å²) in [5, 5.41) is 8.86. The molecule has 2 aromatic heterocycles. The third kappa shape index (κ3) is 3.40. The van der Waals surface area contributed by atoms with E-state index in [2.05, 4.69) is 19.7 Å². The third-order valence-corrected chi connectivity index (χ3v) is 4.10. The van der Waals surface area contributed by atoms with E-state index in [1.165, 1.54) is 18.3 Å². The molecule has 20 heavy (non-hydrogen) atoms. The molecule has 0 saturated heterocycles. The predicted octanol–water partition coefficient (Wildman–Crippen LogP) is 0.587. The molecule has 8 heteroatoms. The van der Waals surface area contributed by atoms with Crippen molar-refractivity contribution in [2.45, 2.75) is 17.7 Å². The van der Waals surface area contributed by atoms with Gasteiger partial charge in [0.1, 0.15) is 16.8 Å². The number of pyridine rings is 1. The molecule has 2 aromatic rings. The van der Waals surface area contributed by atoms with Crippen LogP contribution in [-0.4, -0.2) is 29.9 Å². The topological polar surface area (TPSA) is 112 Å². The fourth-order valence-electron chi connectivity index (χ4n) is 1.67. The molecule has 0 atom stereocenters. The Morgan fingerprint density at radius 1 is 1.35 bits per heavy atom. The van der Waals surface area contributed by atoms with Gasteiger partial charge in [0, 0.05) is 31.6 Å². The second-order valence-corrected chi connectivity index (χ2v) is 5.73. The lowest BCUT2D eigenvalue weighted by molar-refractivity contribution is 0.577. The molecule has 0 aliphatic rings. The quantitative estimate of drug-likeness (QED) is 0.756. The molecule has 2 N–H and O–H groups in total. The van der Waals surface area contributed by atoms with Crippen LogP contribution in [0.3, 0.4) is 0 Å². The molecule has 0 saturated carbocycles. The summed E-state index contributed by atoms with van der Waals surface area (Å²) in [4.78, 5) is 10.6. The lowest BCUT2D eigenvalue weighted by Gasteiger charge is -2.06. The van der Waals surface area contributed by atoms with Gasteiger partial charge >= 0.3 is 0 Å². The highest BCUT2D eigenvalue weighted by Gasteiger charge is 2.18. The standard InChI is InChI=1S/C12H13N5O2S/c13-9-10-11(3-1-5-14-10)20(18,19)17-6-2-4-12-15-7-8-16-12/h1,3,5,7-8,17H,2,4,6H2,(H,15,16). The van der Waals surface area contributed by atoms with Gasteiger partial charge in [0.15, 0.2) is 5.69 Å². The monoisotopic (exact) mass is 291 g/mol. The Bertz CT molecular complexity index is 704. The number of hydrogen-bond acceptors (Lipinski definition) is 5. The number of nitrogens with one attached hydrogen (secondary N) is 2. The summed E-state index contributed by atoms with van der Waals surface area (Å²) in [7, 11) is -3.71.